The lowest BCUT2D eigenvalue weighted by molar-refractivity contribution is -0.133. The number of rotatable bonds is 7. The molecule has 0 fully saturated rings. The molecule has 3 rings (SSSR count). The summed E-state index contributed by atoms with van der Waals surface area (Å²) in [6.45, 7) is 10.6. The van der Waals surface area contributed by atoms with Crippen LogP contribution >= 0.6 is 0 Å². The van der Waals surface area contributed by atoms with Crippen molar-refractivity contribution in [2.45, 2.75) is 59.9 Å². The number of aromatic nitrogens is 2. The summed E-state index contributed by atoms with van der Waals surface area (Å²) in [5, 5.41) is 0.578. The van der Waals surface area contributed by atoms with Crippen LogP contribution in [-0.2, 0) is 4.79 Å². The third kappa shape index (κ3) is 4.16. The van der Waals surface area contributed by atoms with Gasteiger partial charge in [0, 0.05) is 13.0 Å². The van der Waals surface area contributed by atoms with Gasteiger partial charge >= 0.3 is 0 Å². The van der Waals surface area contributed by atoms with Crippen molar-refractivity contribution in [1.82, 2.24) is 14.5 Å². The molecule has 0 aliphatic carbocycles. The van der Waals surface area contributed by atoms with Crippen molar-refractivity contribution < 1.29 is 4.79 Å². The van der Waals surface area contributed by atoms with E-state index in [1.165, 1.54) is 0 Å². The van der Waals surface area contributed by atoms with E-state index in [9.17, 15) is 9.59 Å². The van der Waals surface area contributed by atoms with Crippen LogP contribution in [0.25, 0.3) is 16.6 Å². The number of fused-ring (bicyclic) bond motifs is 1. The zero-order chi connectivity index (χ0) is 21.8. The lowest BCUT2D eigenvalue weighted by Crippen LogP contribution is -2.37. The Morgan fingerprint density at radius 3 is 2.53 bits per heavy atom. The number of benzene rings is 2. The quantitative estimate of drug-likeness (QED) is 0.549. The van der Waals surface area contributed by atoms with Gasteiger partial charge in [0.2, 0.25) is 5.91 Å². The van der Waals surface area contributed by atoms with E-state index in [0.29, 0.717) is 29.7 Å². The van der Waals surface area contributed by atoms with E-state index in [-0.39, 0.29) is 17.5 Å². The average Bonchev–Trinajstić information content (AvgIpc) is 2.73. The van der Waals surface area contributed by atoms with Gasteiger partial charge in [-0.1, -0.05) is 43.2 Å². The molecule has 0 radical (unpaired) electrons. The number of amides is 1. The van der Waals surface area contributed by atoms with Gasteiger partial charge in [0.05, 0.1) is 22.6 Å². The van der Waals surface area contributed by atoms with E-state index in [1.807, 2.05) is 69.0 Å². The van der Waals surface area contributed by atoms with Gasteiger partial charge in [-0.05, 0) is 57.9 Å². The molecule has 0 bridgehead atoms. The summed E-state index contributed by atoms with van der Waals surface area (Å²) in [6, 6.07) is 13.1. The highest BCUT2D eigenvalue weighted by Gasteiger charge is 2.25. The zero-order valence-corrected chi connectivity index (χ0v) is 18.6. The molecule has 0 N–H and O–H groups in total. The van der Waals surface area contributed by atoms with Crippen LogP contribution in [0.1, 0.15) is 63.0 Å². The van der Waals surface area contributed by atoms with Crippen molar-refractivity contribution in [3.05, 3.63) is 69.8 Å². The van der Waals surface area contributed by atoms with E-state index in [1.54, 1.807) is 4.57 Å². The van der Waals surface area contributed by atoms with Crippen LogP contribution in [0.15, 0.2) is 47.3 Å². The molecular weight excluding hydrogens is 374 g/mol. The third-order valence-corrected chi connectivity index (χ3v) is 5.64. The predicted octanol–water partition coefficient (Wildman–Crippen LogP) is 5.10. The number of nitrogens with zero attached hydrogens (tertiary/aromatic N) is 3. The van der Waals surface area contributed by atoms with Crippen molar-refractivity contribution in [1.29, 1.82) is 0 Å². The monoisotopic (exact) mass is 405 g/mol. The summed E-state index contributed by atoms with van der Waals surface area (Å²) in [5.74, 6) is 0.693. The topological polar surface area (TPSA) is 55.2 Å². The SMILES string of the molecule is CCCCC(=O)N(CC)C(C)c1nc2ccccc2c(=O)n1-c1ccc(C)cc1C. The summed E-state index contributed by atoms with van der Waals surface area (Å²) in [7, 11) is 0. The Morgan fingerprint density at radius 1 is 1.13 bits per heavy atom. The van der Waals surface area contributed by atoms with Crippen LogP contribution < -0.4 is 5.56 Å². The highest BCUT2D eigenvalue weighted by Crippen LogP contribution is 2.25. The average molecular weight is 406 g/mol. The van der Waals surface area contributed by atoms with Crippen molar-refractivity contribution in [3.63, 3.8) is 0 Å². The van der Waals surface area contributed by atoms with Gasteiger partial charge in [0.1, 0.15) is 5.82 Å². The minimum Gasteiger partial charge on any atom is -0.333 e. The van der Waals surface area contributed by atoms with Gasteiger partial charge in [0.15, 0.2) is 0 Å². The predicted molar refractivity (Wildman–Crippen MR) is 122 cm³/mol. The van der Waals surface area contributed by atoms with Gasteiger partial charge < -0.3 is 4.90 Å². The van der Waals surface area contributed by atoms with Crippen molar-refractivity contribution in [3.8, 4) is 5.69 Å². The van der Waals surface area contributed by atoms with E-state index < -0.39 is 0 Å². The molecule has 0 saturated carbocycles. The minimum atomic E-state index is -0.322. The number of hydrogen-bond acceptors (Lipinski definition) is 3. The molecule has 1 aromatic heterocycles. The molecule has 30 heavy (non-hydrogen) atoms. The molecule has 2 aromatic carbocycles. The van der Waals surface area contributed by atoms with Crippen molar-refractivity contribution in [2.75, 3.05) is 6.54 Å². The van der Waals surface area contributed by atoms with Crippen LogP contribution in [0.2, 0.25) is 0 Å². The number of unbranched alkanes of at least 4 members (excludes halogenated alkanes) is 1. The minimum absolute atomic E-state index is 0.0986. The molecule has 0 saturated heterocycles. The Hall–Kier alpha value is -2.95. The molecular formula is C25H31N3O2. The van der Waals surface area contributed by atoms with Crippen molar-refractivity contribution in [2.24, 2.45) is 0 Å². The van der Waals surface area contributed by atoms with E-state index in [2.05, 4.69) is 13.0 Å². The largest absolute Gasteiger partial charge is 0.333 e. The van der Waals surface area contributed by atoms with E-state index in [4.69, 9.17) is 4.98 Å². The molecule has 0 aliphatic heterocycles. The lowest BCUT2D eigenvalue weighted by atomic mass is 10.1. The normalized spacial score (nSPS) is 12.2. The molecule has 0 spiro atoms. The van der Waals surface area contributed by atoms with Gasteiger partial charge in [-0.15, -0.1) is 0 Å². The standard InChI is InChI=1S/C25H31N3O2/c1-6-8-13-23(29)27(7-2)19(5)24-26-21-12-10-9-11-20(21)25(30)28(24)22-15-14-17(3)16-18(22)4/h9-12,14-16,19H,6-8,13H2,1-5H3. The second-order valence-electron chi connectivity index (χ2n) is 7.88. The fourth-order valence-corrected chi connectivity index (χ4v) is 4.00. The Morgan fingerprint density at radius 2 is 1.87 bits per heavy atom. The molecule has 5 heteroatoms. The van der Waals surface area contributed by atoms with Crippen LogP contribution in [0.3, 0.4) is 0 Å². The number of carbonyl (C=O) groups is 1. The lowest BCUT2D eigenvalue weighted by Gasteiger charge is -2.30. The number of aryl methyl sites for hydroxylation is 2. The van der Waals surface area contributed by atoms with Gasteiger partial charge in [-0.2, -0.15) is 0 Å². The molecule has 1 amide bonds. The van der Waals surface area contributed by atoms with Crippen LogP contribution in [-0.4, -0.2) is 26.9 Å². The maximum Gasteiger partial charge on any atom is 0.266 e. The summed E-state index contributed by atoms with van der Waals surface area (Å²) >= 11 is 0. The molecule has 1 atom stereocenters. The summed E-state index contributed by atoms with van der Waals surface area (Å²) in [6.07, 6.45) is 2.34. The molecule has 3 aromatic rings. The maximum absolute atomic E-state index is 13.6. The Kier molecular flexibility index (Phi) is 6.70. The Bertz CT molecular complexity index is 1120. The number of para-hydroxylation sites is 1. The second-order valence-corrected chi connectivity index (χ2v) is 7.88. The molecule has 5 nitrogen and oxygen atoms in total. The van der Waals surface area contributed by atoms with E-state index >= 15 is 0 Å². The van der Waals surface area contributed by atoms with Crippen molar-refractivity contribution >= 4 is 16.8 Å². The fourth-order valence-electron chi connectivity index (χ4n) is 4.00. The van der Waals surface area contributed by atoms with E-state index in [0.717, 1.165) is 29.7 Å². The van der Waals surface area contributed by atoms with Crippen LogP contribution in [0.5, 0.6) is 0 Å². The first-order valence-electron chi connectivity index (χ1n) is 10.8. The maximum atomic E-state index is 13.6. The second kappa shape index (κ2) is 9.24. The summed E-state index contributed by atoms with van der Waals surface area (Å²) < 4.78 is 1.69. The zero-order valence-electron chi connectivity index (χ0n) is 18.6. The molecule has 158 valence electrons. The summed E-state index contributed by atoms with van der Waals surface area (Å²) in [4.78, 5) is 33.1. The highest BCUT2D eigenvalue weighted by atomic mass is 16.2. The molecule has 1 heterocycles. The van der Waals surface area contributed by atoms with Gasteiger partial charge in [-0.3, -0.25) is 14.2 Å². The Labute approximate surface area is 178 Å². The smallest absolute Gasteiger partial charge is 0.266 e. The first-order valence-corrected chi connectivity index (χ1v) is 10.8. The number of hydrogen-bond donors (Lipinski definition) is 0. The Balaban J connectivity index is 2.24. The molecule has 1 unspecified atom stereocenters. The first-order chi connectivity index (χ1) is 14.4. The van der Waals surface area contributed by atoms with Crippen LogP contribution in [0, 0.1) is 13.8 Å². The first kappa shape index (κ1) is 21.8. The highest BCUT2D eigenvalue weighted by molar-refractivity contribution is 5.79. The number of carbonyl (C=O) groups excluding carboxylic acids is 1. The van der Waals surface area contributed by atoms with Gasteiger partial charge in [-0.25, -0.2) is 4.98 Å². The van der Waals surface area contributed by atoms with Gasteiger partial charge in [0.25, 0.3) is 5.56 Å². The third-order valence-electron chi connectivity index (χ3n) is 5.64. The molecule has 0 aliphatic rings. The fraction of sp³-hybridized carbons (Fsp3) is 0.400. The summed E-state index contributed by atoms with van der Waals surface area (Å²) in [5.41, 5.74) is 3.50. The van der Waals surface area contributed by atoms with Crippen LogP contribution in [0.4, 0.5) is 0 Å².